The molecule has 0 unspecified atom stereocenters. The Morgan fingerprint density at radius 3 is 2.65 bits per heavy atom. The van der Waals surface area contributed by atoms with E-state index in [4.69, 9.17) is 4.74 Å². The van der Waals surface area contributed by atoms with Crippen molar-refractivity contribution >= 4 is 11.9 Å². The highest BCUT2D eigenvalue weighted by molar-refractivity contribution is 5.79. The predicted molar refractivity (Wildman–Crippen MR) is 89.3 cm³/mol. The minimum absolute atomic E-state index is 0.184. The van der Waals surface area contributed by atoms with Gasteiger partial charge in [-0.05, 0) is 17.7 Å². The number of aromatic nitrogens is 2. The Morgan fingerprint density at radius 1 is 1.13 bits per heavy atom. The lowest BCUT2D eigenvalue weighted by Gasteiger charge is -2.05. The summed E-state index contributed by atoms with van der Waals surface area (Å²) in [7, 11) is 0. The van der Waals surface area contributed by atoms with Crippen LogP contribution in [0.2, 0.25) is 0 Å². The van der Waals surface area contributed by atoms with E-state index in [0.29, 0.717) is 12.3 Å². The number of nitrogens with zero attached hydrogens (tertiary/aromatic N) is 2. The molecule has 3 aromatic rings. The first-order valence-corrected chi connectivity index (χ1v) is 7.15. The van der Waals surface area contributed by atoms with E-state index in [-0.39, 0.29) is 11.2 Å². The highest BCUT2D eigenvalue weighted by Gasteiger charge is 2.02. The molecular weight excluding hydrogens is 290 g/mol. The quantitative estimate of drug-likeness (QED) is 0.736. The van der Waals surface area contributed by atoms with Crippen molar-refractivity contribution in [3.8, 4) is 5.75 Å². The predicted octanol–water partition coefficient (Wildman–Crippen LogP) is 3.10. The van der Waals surface area contributed by atoms with Crippen molar-refractivity contribution in [2.24, 2.45) is 4.99 Å². The van der Waals surface area contributed by atoms with Crippen LogP contribution in [-0.2, 0) is 6.61 Å². The maximum atomic E-state index is 12.1. The molecule has 2 heterocycles. The molecule has 23 heavy (non-hydrogen) atoms. The molecule has 0 aliphatic carbocycles. The normalized spacial score (nSPS) is 10.8. The second-order valence-corrected chi connectivity index (χ2v) is 4.85. The molecule has 1 N–H and O–H groups in total. The minimum atomic E-state index is -0.184. The van der Waals surface area contributed by atoms with E-state index < -0.39 is 0 Å². The molecule has 2 aromatic heterocycles. The second-order valence-electron chi connectivity index (χ2n) is 4.85. The zero-order valence-corrected chi connectivity index (χ0v) is 12.3. The van der Waals surface area contributed by atoms with Gasteiger partial charge >= 0.3 is 0 Å². The molecule has 0 saturated carbocycles. The summed E-state index contributed by atoms with van der Waals surface area (Å²) in [5.74, 6) is 0.287. The molecule has 5 nitrogen and oxygen atoms in total. The summed E-state index contributed by atoms with van der Waals surface area (Å²) in [6, 6.07) is 14.7. The lowest BCUT2D eigenvalue weighted by atomic mass is 10.2. The van der Waals surface area contributed by atoms with Gasteiger partial charge in [0.15, 0.2) is 5.75 Å². The number of rotatable bonds is 5. The van der Waals surface area contributed by atoms with Crippen LogP contribution in [-0.4, -0.2) is 16.2 Å². The van der Waals surface area contributed by atoms with E-state index in [2.05, 4.69) is 15.0 Å². The van der Waals surface area contributed by atoms with Crippen LogP contribution in [0.5, 0.6) is 5.75 Å². The number of aliphatic imine (C=N–C) groups is 1. The molecular formula is C18H15N3O2. The van der Waals surface area contributed by atoms with E-state index in [1.54, 1.807) is 36.9 Å². The van der Waals surface area contributed by atoms with Crippen LogP contribution in [0.25, 0.3) is 0 Å². The highest BCUT2D eigenvalue weighted by atomic mass is 16.5. The van der Waals surface area contributed by atoms with Crippen molar-refractivity contribution in [1.82, 2.24) is 9.97 Å². The minimum Gasteiger partial charge on any atom is -0.483 e. The zero-order valence-electron chi connectivity index (χ0n) is 12.3. The summed E-state index contributed by atoms with van der Waals surface area (Å²) in [6.07, 6.45) is 6.47. The first-order valence-electron chi connectivity index (χ1n) is 7.15. The molecule has 0 spiro atoms. The summed E-state index contributed by atoms with van der Waals surface area (Å²) in [4.78, 5) is 23.2. The Morgan fingerprint density at radius 2 is 1.91 bits per heavy atom. The maximum absolute atomic E-state index is 12.1. The third-order valence-electron chi connectivity index (χ3n) is 3.15. The summed E-state index contributed by atoms with van der Waals surface area (Å²) in [5, 5.41) is 0. The number of ether oxygens (including phenoxy) is 1. The molecule has 0 radical (unpaired) electrons. The fourth-order valence-corrected chi connectivity index (χ4v) is 1.97. The van der Waals surface area contributed by atoms with Crippen molar-refractivity contribution < 1.29 is 4.74 Å². The largest absolute Gasteiger partial charge is 0.483 e. The Hall–Kier alpha value is -3.21. The van der Waals surface area contributed by atoms with Crippen LogP contribution in [0.1, 0.15) is 11.3 Å². The lowest BCUT2D eigenvalue weighted by Crippen LogP contribution is -2.09. The number of pyridine rings is 2. The average Bonchev–Trinajstić information content (AvgIpc) is 2.61. The molecule has 114 valence electrons. The van der Waals surface area contributed by atoms with Gasteiger partial charge in [-0.15, -0.1) is 0 Å². The van der Waals surface area contributed by atoms with Gasteiger partial charge in [-0.25, -0.2) is 0 Å². The Kier molecular flexibility index (Phi) is 4.59. The van der Waals surface area contributed by atoms with Crippen molar-refractivity contribution in [2.45, 2.75) is 6.61 Å². The van der Waals surface area contributed by atoms with Crippen LogP contribution in [0.15, 0.2) is 76.9 Å². The van der Waals surface area contributed by atoms with Crippen molar-refractivity contribution in [2.75, 3.05) is 0 Å². The third-order valence-corrected chi connectivity index (χ3v) is 3.15. The molecule has 0 bridgehead atoms. The summed E-state index contributed by atoms with van der Waals surface area (Å²) < 4.78 is 5.54. The number of benzene rings is 1. The Balaban J connectivity index is 1.68. The van der Waals surface area contributed by atoms with Gasteiger partial charge in [0, 0.05) is 24.7 Å². The van der Waals surface area contributed by atoms with Crippen molar-refractivity contribution in [3.05, 3.63) is 88.6 Å². The van der Waals surface area contributed by atoms with E-state index in [9.17, 15) is 4.79 Å². The monoisotopic (exact) mass is 305 g/mol. The van der Waals surface area contributed by atoms with Crippen molar-refractivity contribution in [1.29, 1.82) is 0 Å². The van der Waals surface area contributed by atoms with Gasteiger partial charge in [-0.2, -0.15) is 0 Å². The summed E-state index contributed by atoms with van der Waals surface area (Å²) in [6.45, 7) is 0.356. The van der Waals surface area contributed by atoms with Gasteiger partial charge in [-0.1, -0.05) is 30.3 Å². The fraction of sp³-hybridized carbons (Fsp3) is 0.0556. The Bertz CT molecular complexity index is 843. The van der Waals surface area contributed by atoms with Gasteiger partial charge in [0.1, 0.15) is 6.61 Å². The van der Waals surface area contributed by atoms with Crippen molar-refractivity contribution in [3.63, 3.8) is 0 Å². The van der Waals surface area contributed by atoms with Crippen LogP contribution >= 0.6 is 0 Å². The second kappa shape index (κ2) is 7.17. The van der Waals surface area contributed by atoms with E-state index >= 15 is 0 Å². The standard InChI is InChI=1S/C18H15N3O2/c22-17-10-16(11-20-15-6-8-19-9-7-15)21-12-18(17)23-13-14-4-2-1-3-5-14/h1-12H,13H2,(H,21,22). The summed E-state index contributed by atoms with van der Waals surface area (Å²) in [5.41, 5.74) is 2.20. The molecule has 0 aliphatic rings. The fourth-order valence-electron chi connectivity index (χ4n) is 1.97. The SMILES string of the molecule is O=c1cc(C=Nc2ccncc2)[nH]cc1OCc1ccccc1. The lowest BCUT2D eigenvalue weighted by molar-refractivity contribution is 0.302. The molecule has 0 amide bonds. The number of nitrogens with one attached hydrogen (secondary N) is 1. The Labute approximate surface area is 133 Å². The number of hydrogen-bond donors (Lipinski definition) is 1. The number of H-pyrrole nitrogens is 1. The van der Waals surface area contributed by atoms with Crippen LogP contribution in [0, 0.1) is 0 Å². The highest BCUT2D eigenvalue weighted by Crippen LogP contribution is 2.09. The van der Waals surface area contributed by atoms with Crippen LogP contribution in [0.4, 0.5) is 5.69 Å². The van der Waals surface area contributed by atoms with Gasteiger partial charge in [0.05, 0.1) is 17.6 Å². The molecule has 3 rings (SSSR count). The zero-order chi connectivity index (χ0) is 15.9. The third kappa shape index (κ3) is 4.14. The van der Waals surface area contributed by atoms with Gasteiger partial charge in [0.25, 0.3) is 0 Å². The van der Waals surface area contributed by atoms with E-state index in [1.807, 2.05) is 30.3 Å². The van der Waals surface area contributed by atoms with Gasteiger partial charge < -0.3 is 9.72 Å². The van der Waals surface area contributed by atoms with E-state index in [1.165, 1.54) is 6.07 Å². The van der Waals surface area contributed by atoms with E-state index in [0.717, 1.165) is 11.3 Å². The summed E-state index contributed by atoms with van der Waals surface area (Å²) >= 11 is 0. The molecule has 1 aromatic carbocycles. The van der Waals surface area contributed by atoms with Crippen LogP contribution < -0.4 is 10.2 Å². The number of hydrogen-bond acceptors (Lipinski definition) is 4. The molecule has 5 heteroatoms. The molecule has 0 saturated heterocycles. The molecule has 0 aliphatic heterocycles. The number of aromatic amines is 1. The molecule has 0 fully saturated rings. The van der Waals surface area contributed by atoms with Gasteiger partial charge in [0.2, 0.25) is 5.43 Å². The van der Waals surface area contributed by atoms with Crippen LogP contribution in [0.3, 0.4) is 0 Å². The maximum Gasteiger partial charge on any atom is 0.224 e. The first-order chi connectivity index (χ1) is 11.3. The topological polar surface area (TPSA) is 67.3 Å². The average molecular weight is 305 g/mol. The molecule has 0 atom stereocenters. The first kappa shape index (κ1) is 14.7. The van der Waals surface area contributed by atoms with Gasteiger partial charge in [-0.3, -0.25) is 14.8 Å². The smallest absolute Gasteiger partial charge is 0.224 e.